The first-order valence-electron chi connectivity index (χ1n) is 9.85. The highest BCUT2D eigenvalue weighted by atomic mass is 16.6. The van der Waals surface area contributed by atoms with Gasteiger partial charge in [0.1, 0.15) is 11.6 Å². The van der Waals surface area contributed by atoms with Crippen molar-refractivity contribution in [3.05, 3.63) is 35.9 Å². The van der Waals surface area contributed by atoms with Crippen molar-refractivity contribution >= 4 is 17.9 Å². The Morgan fingerprint density at radius 3 is 2.34 bits per heavy atom. The summed E-state index contributed by atoms with van der Waals surface area (Å²) in [6.45, 7) is 6.43. The summed E-state index contributed by atoms with van der Waals surface area (Å²) in [6, 6.07) is 8.69. The molecule has 1 atom stereocenters. The molecule has 8 heteroatoms. The number of hydrogen-bond acceptors (Lipinski definition) is 5. The third-order valence-corrected chi connectivity index (χ3v) is 4.59. The molecule has 0 bridgehead atoms. The van der Waals surface area contributed by atoms with Crippen LogP contribution in [0.4, 0.5) is 4.79 Å². The number of primary amides is 1. The molecule has 0 spiro atoms. The minimum absolute atomic E-state index is 0.0166. The van der Waals surface area contributed by atoms with Crippen molar-refractivity contribution < 1.29 is 23.9 Å². The number of carbonyl (C=O) groups is 3. The highest BCUT2D eigenvalue weighted by Crippen LogP contribution is 2.18. The molecule has 2 rings (SSSR count). The van der Waals surface area contributed by atoms with E-state index in [1.54, 1.807) is 25.7 Å². The lowest BCUT2D eigenvalue weighted by Crippen LogP contribution is -2.54. The second kappa shape index (κ2) is 10.2. The number of nitrogens with zero attached hydrogens (tertiary/aromatic N) is 1. The van der Waals surface area contributed by atoms with Gasteiger partial charge in [0.2, 0.25) is 11.8 Å². The SMILES string of the molecule is CC(C)(C)OC(=O)N[C@H](COCc1ccccc1)C(=O)N1CCC(C(N)=O)CC1. The average molecular weight is 405 g/mol. The fourth-order valence-corrected chi connectivity index (χ4v) is 3.10. The van der Waals surface area contributed by atoms with Crippen LogP contribution in [0.2, 0.25) is 0 Å². The highest BCUT2D eigenvalue weighted by molar-refractivity contribution is 5.86. The van der Waals surface area contributed by atoms with E-state index in [2.05, 4.69) is 5.32 Å². The van der Waals surface area contributed by atoms with Crippen LogP contribution in [-0.2, 0) is 25.7 Å². The van der Waals surface area contributed by atoms with Crippen LogP contribution in [0.15, 0.2) is 30.3 Å². The Balaban J connectivity index is 1.97. The zero-order chi connectivity index (χ0) is 21.4. The molecule has 1 aliphatic rings. The van der Waals surface area contributed by atoms with Gasteiger partial charge in [0.25, 0.3) is 0 Å². The third-order valence-electron chi connectivity index (χ3n) is 4.59. The minimum Gasteiger partial charge on any atom is -0.444 e. The molecule has 3 amide bonds. The van der Waals surface area contributed by atoms with Gasteiger partial charge in [-0.1, -0.05) is 30.3 Å². The molecule has 0 unspecified atom stereocenters. The lowest BCUT2D eigenvalue weighted by Gasteiger charge is -2.33. The molecule has 29 heavy (non-hydrogen) atoms. The van der Waals surface area contributed by atoms with E-state index in [-0.39, 0.29) is 24.3 Å². The fourth-order valence-electron chi connectivity index (χ4n) is 3.10. The minimum atomic E-state index is -0.876. The lowest BCUT2D eigenvalue weighted by molar-refractivity contribution is -0.138. The summed E-state index contributed by atoms with van der Waals surface area (Å²) >= 11 is 0. The Morgan fingerprint density at radius 1 is 1.17 bits per heavy atom. The average Bonchev–Trinajstić information content (AvgIpc) is 2.66. The number of piperidine rings is 1. The van der Waals surface area contributed by atoms with Gasteiger partial charge in [0.05, 0.1) is 13.2 Å². The second-order valence-corrected chi connectivity index (χ2v) is 8.20. The van der Waals surface area contributed by atoms with E-state index < -0.39 is 17.7 Å². The van der Waals surface area contributed by atoms with Crippen LogP contribution in [0.5, 0.6) is 0 Å². The van der Waals surface area contributed by atoms with Gasteiger partial charge in [0, 0.05) is 19.0 Å². The maximum atomic E-state index is 13.0. The molecular weight excluding hydrogens is 374 g/mol. The predicted molar refractivity (Wildman–Crippen MR) is 108 cm³/mol. The molecule has 1 heterocycles. The maximum absolute atomic E-state index is 13.0. The van der Waals surface area contributed by atoms with Crippen molar-refractivity contribution in [2.45, 2.75) is 51.9 Å². The van der Waals surface area contributed by atoms with Crippen LogP contribution < -0.4 is 11.1 Å². The molecule has 0 aromatic heterocycles. The first-order chi connectivity index (χ1) is 13.7. The molecule has 0 radical (unpaired) electrons. The van der Waals surface area contributed by atoms with Gasteiger partial charge < -0.3 is 25.4 Å². The van der Waals surface area contributed by atoms with Gasteiger partial charge in [-0.25, -0.2) is 4.79 Å². The summed E-state index contributed by atoms with van der Waals surface area (Å²) in [5.41, 5.74) is 5.65. The maximum Gasteiger partial charge on any atom is 0.408 e. The smallest absolute Gasteiger partial charge is 0.408 e. The van der Waals surface area contributed by atoms with Gasteiger partial charge in [-0.2, -0.15) is 0 Å². The lowest BCUT2D eigenvalue weighted by atomic mass is 9.96. The van der Waals surface area contributed by atoms with E-state index in [1.807, 2.05) is 30.3 Å². The Labute approximate surface area is 171 Å². The van der Waals surface area contributed by atoms with Gasteiger partial charge >= 0.3 is 6.09 Å². The van der Waals surface area contributed by atoms with Crippen LogP contribution in [0.3, 0.4) is 0 Å². The molecule has 1 aromatic carbocycles. The van der Waals surface area contributed by atoms with E-state index in [9.17, 15) is 14.4 Å². The molecule has 1 aromatic rings. The Hall–Kier alpha value is -2.61. The number of rotatable bonds is 7. The van der Waals surface area contributed by atoms with Crippen molar-refractivity contribution in [1.29, 1.82) is 0 Å². The summed E-state index contributed by atoms with van der Waals surface area (Å²) in [5.74, 6) is -0.816. The van der Waals surface area contributed by atoms with Crippen LogP contribution in [0.1, 0.15) is 39.2 Å². The van der Waals surface area contributed by atoms with Crippen LogP contribution in [0.25, 0.3) is 0 Å². The largest absolute Gasteiger partial charge is 0.444 e. The molecule has 0 aliphatic carbocycles. The van der Waals surface area contributed by atoms with Crippen molar-refractivity contribution in [1.82, 2.24) is 10.2 Å². The van der Waals surface area contributed by atoms with Gasteiger partial charge in [-0.05, 0) is 39.2 Å². The quantitative estimate of drug-likeness (QED) is 0.719. The number of hydrogen-bond donors (Lipinski definition) is 2. The van der Waals surface area contributed by atoms with Crippen molar-refractivity contribution in [2.24, 2.45) is 11.7 Å². The Morgan fingerprint density at radius 2 is 1.79 bits per heavy atom. The third kappa shape index (κ3) is 7.73. The predicted octanol–water partition coefficient (Wildman–Crippen LogP) is 1.82. The number of amides is 3. The Bertz CT molecular complexity index is 694. The van der Waals surface area contributed by atoms with E-state index in [4.69, 9.17) is 15.2 Å². The second-order valence-electron chi connectivity index (χ2n) is 8.20. The highest BCUT2D eigenvalue weighted by Gasteiger charge is 2.32. The van der Waals surface area contributed by atoms with E-state index in [0.29, 0.717) is 32.5 Å². The molecule has 3 N–H and O–H groups in total. The topological polar surface area (TPSA) is 111 Å². The summed E-state index contributed by atoms with van der Waals surface area (Å²) in [7, 11) is 0. The van der Waals surface area contributed by atoms with Crippen molar-refractivity contribution in [2.75, 3.05) is 19.7 Å². The fraction of sp³-hybridized carbons (Fsp3) is 0.571. The standard InChI is InChI=1S/C21H31N3O5/c1-21(2,3)29-20(27)23-17(14-28-13-15-7-5-4-6-8-15)19(26)24-11-9-16(10-12-24)18(22)25/h4-8,16-17H,9-14H2,1-3H3,(H2,22,25)(H,23,27)/t17-/m1/s1. The first kappa shape index (κ1) is 22.7. The van der Waals surface area contributed by atoms with Crippen LogP contribution in [0, 0.1) is 5.92 Å². The molecule has 160 valence electrons. The number of nitrogens with two attached hydrogens (primary N) is 1. The normalized spacial score (nSPS) is 16.2. The van der Waals surface area contributed by atoms with Crippen molar-refractivity contribution in [3.8, 4) is 0 Å². The van der Waals surface area contributed by atoms with Crippen LogP contribution >= 0.6 is 0 Å². The zero-order valence-corrected chi connectivity index (χ0v) is 17.3. The van der Waals surface area contributed by atoms with E-state index >= 15 is 0 Å². The van der Waals surface area contributed by atoms with Gasteiger partial charge in [-0.3, -0.25) is 9.59 Å². The molecule has 0 saturated carbocycles. The molecule has 8 nitrogen and oxygen atoms in total. The van der Waals surface area contributed by atoms with Crippen LogP contribution in [-0.4, -0.2) is 54.1 Å². The first-order valence-corrected chi connectivity index (χ1v) is 9.85. The summed E-state index contributed by atoms with van der Waals surface area (Å²) in [4.78, 5) is 38.2. The van der Waals surface area contributed by atoms with Gasteiger partial charge in [0.15, 0.2) is 0 Å². The summed E-state index contributed by atoms with van der Waals surface area (Å²) in [5, 5.41) is 2.62. The zero-order valence-electron chi connectivity index (χ0n) is 17.3. The Kier molecular flexibility index (Phi) is 8.01. The number of nitrogens with one attached hydrogen (secondary N) is 1. The molecule has 1 aliphatic heterocycles. The number of carbonyl (C=O) groups excluding carboxylic acids is 3. The summed E-state index contributed by atoms with van der Waals surface area (Å²) in [6.07, 6.45) is 0.363. The molecular formula is C21H31N3O5. The number of likely N-dealkylation sites (tertiary alicyclic amines) is 1. The van der Waals surface area contributed by atoms with Crippen molar-refractivity contribution in [3.63, 3.8) is 0 Å². The molecule has 1 fully saturated rings. The number of alkyl carbamates (subject to hydrolysis) is 1. The van der Waals surface area contributed by atoms with E-state index in [0.717, 1.165) is 5.56 Å². The van der Waals surface area contributed by atoms with Gasteiger partial charge in [-0.15, -0.1) is 0 Å². The monoisotopic (exact) mass is 405 g/mol. The van der Waals surface area contributed by atoms with E-state index in [1.165, 1.54) is 0 Å². The number of ether oxygens (including phenoxy) is 2. The molecule has 1 saturated heterocycles. The number of benzene rings is 1. The summed E-state index contributed by atoms with van der Waals surface area (Å²) < 4.78 is 11.0.